The summed E-state index contributed by atoms with van der Waals surface area (Å²) in [5.74, 6) is 0.0727. The van der Waals surface area contributed by atoms with Crippen LogP contribution in [0.25, 0.3) is 0 Å². The van der Waals surface area contributed by atoms with Gasteiger partial charge in [-0.2, -0.15) is 0 Å². The number of thioether (sulfide) groups is 1. The Hall–Kier alpha value is -1.11. The van der Waals surface area contributed by atoms with Crippen molar-refractivity contribution >= 4 is 45.6 Å². The molecular weight excluding hydrogens is 326 g/mol. The van der Waals surface area contributed by atoms with E-state index in [1.807, 2.05) is 6.92 Å². The second-order valence-corrected chi connectivity index (χ2v) is 7.92. The third-order valence-electron chi connectivity index (χ3n) is 3.09. The quantitative estimate of drug-likeness (QED) is 0.633. The minimum absolute atomic E-state index is 0.0727. The lowest BCUT2D eigenvalue weighted by Crippen LogP contribution is -2.13. The Morgan fingerprint density at radius 1 is 1.38 bits per heavy atom. The normalized spacial score (nSPS) is 15.7. The van der Waals surface area contributed by atoms with E-state index in [2.05, 4.69) is 15.5 Å². The van der Waals surface area contributed by atoms with E-state index < -0.39 is 0 Å². The number of anilines is 1. The first kappa shape index (κ1) is 14.8. The maximum absolute atomic E-state index is 12.3. The molecule has 0 aliphatic heterocycles. The standard InChI is InChI=1S/C14H14ClN3OS2/c1-8(12(19)9-2-4-10(15)5-3-9)20-14-18-17-13(21-14)16-11-6-7-11/h2-5,8,11H,6-7H2,1H3,(H,16,17)/t8-/m0/s1. The highest BCUT2D eigenvalue weighted by atomic mass is 35.5. The summed E-state index contributed by atoms with van der Waals surface area (Å²) in [5.41, 5.74) is 0.667. The molecule has 110 valence electrons. The molecule has 1 aliphatic rings. The molecule has 1 aromatic carbocycles. The number of halogens is 1. The maximum atomic E-state index is 12.3. The Morgan fingerprint density at radius 2 is 2.10 bits per heavy atom. The summed E-state index contributed by atoms with van der Waals surface area (Å²) in [4.78, 5) is 12.3. The molecule has 1 aromatic heterocycles. The van der Waals surface area contributed by atoms with Crippen LogP contribution in [0, 0.1) is 0 Å². The SMILES string of the molecule is C[C@H](Sc1nnc(NC2CC2)s1)C(=O)c1ccc(Cl)cc1. The van der Waals surface area contributed by atoms with Crippen molar-refractivity contribution < 1.29 is 4.79 Å². The average Bonchev–Trinajstić information content (AvgIpc) is 3.18. The molecule has 4 nitrogen and oxygen atoms in total. The minimum Gasteiger partial charge on any atom is -0.357 e. The number of carbonyl (C=O) groups is 1. The van der Waals surface area contributed by atoms with Crippen molar-refractivity contribution in [2.24, 2.45) is 0 Å². The summed E-state index contributed by atoms with van der Waals surface area (Å²) in [5, 5.41) is 12.8. The summed E-state index contributed by atoms with van der Waals surface area (Å²) in [6.45, 7) is 1.89. The second kappa shape index (κ2) is 6.34. The molecule has 3 rings (SSSR count). The zero-order valence-electron chi connectivity index (χ0n) is 11.4. The predicted octanol–water partition coefficient (Wildman–Crippen LogP) is 4.13. The van der Waals surface area contributed by atoms with Crippen LogP contribution in [0.5, 0.6) is 0 Å². The number of nitrogens with one attached hydrogen (secondary N) is 1. The number of carbonyl (C=O) groups excluding carboxylic acids is 1. The van der Waals surface area contributed by atoms with Crippen molar-refractivity contribution in [2.75, 3.05) is 5.32 Å². The molecule has 0 saturated heterocycles. The number of ketones is 1. The molecule has 0 radical (unpaired) electrons. The zero-order valence-corrected chi connectivity index (χ0v) is 13.8. The molecule has 1 saturated carbocycles. The lowest BCUT2D eigenvalue weighted by atomic mass is 10.1. The molecule has 1 atom stereocenters. The van der Waals surface area contributed by atoms with Gasteiger partial charge in [-0.15, -0.1) is 10.2 Å². The van der Waals surface area contributed by atoms with Gasteiger partial charge in [-0.3, -0.25) is 4.79 Å². The first-order chi connectivity index (χ1) is 10.1. The van der Waals surface area contributed by atoms with E-state index in [-0.39, 0.29) is 11.0 Å². The van der Waals surface area contributed by atoms with Crippen molar-refractivity contribution in [3.63, 3.8) is 0 Å². The summed E-state index contributed by atoms with van der Waals surface area (Å²) in [7, 11) is 0. The van der Waals surface area contributed by atoms with Crippen molar-refractivity contribution in [2.45, 2.75) is 35.4 Å². The van der Waals surface area contributed by atoms with E-state index in [9.17, 15) is 4.79 Å². The van der Waals surface area contributed by atoms with Crippen LogP contribution >= 0.6 is 34.7 Å². The zero-order chi connectivity index (χ0) is 14.8. The molecule has 1 aliphatic carbocycles. The van der Waals surface area contributed by atoms with Gasteiger partial charge in [-0.05, 0) is 44.0 Å². The highest BCUT2D eigenvalue weighted by Crippen LogP contribution is 2.32. The van der Waals surface area contributed by atoms with Crippen LogP contribution in [-0.4, -0.2) is 27.3 Å². The fourth-order valence-corrected chi connectivity index (χ4v) is 3.95. The molecule has 1 heterocycles. The van der Waals surface area contributed by atoms with Gasteiger partial charge >= 0.3 is 0 Å². The average molecular weight is 340 g/mol. The lowest BCUT2D eigenvalue weighted by Gasteiger charge is -2.07. The summed E-state index contributed by atoms with van der Waals surface area (Å²) in [6, 6.07) is 7.52. The van der Waals surface area contributed by atoms with E-state index in [4.69, 9.17) is 11.6 Å². The first-order valence-electron chi connectivity index (χ1n) is 6.68. The number of nitrogens with zero attached hydrogens (tertiary/aromatic N) is 2. The molecule has 7 heteroatoms. The Bertz CT molecular complexity index is 640. The summed E-state index contributed by atoms with van der Waals surface area (Å²) < 4.78 is 0.813. The molecular formula is C14H14ClN3OS2. The highest BCUT2D eigenvalue weighted by Gasteiger charge is 2.23. The molecule has 1 N–H and O–H groups in total. The van der Waals surface area contributed by atoms with E-state index >= 15 is 0 Å². The fraction of sp³-hybridized carbons (Fsp3) is 0.357. The van der Waals surface area contributed by atoms with Crippen LogP contribution in [0.15, 0.2) is 28.6 Å². The lowest BCUT2D eigenvalue weighted by molar-refractivity contribution is 0.0994. The number of aromatic nitrogens is 2. The third kappa shape index (κ3) is 3.96. The minimum atomic E-state index is -0.201. The number of rotatable bonds is 6. The Morgan fingerprint density at radius 3 is 2.76 bits per heavy atom. The van der Waals surface area contributed by atoms with Crippen LogP contribution in [0.1, 0.15) is 30.1 Å². The van der Waals surface area contributed by atoms with Crippen LogP contribution < -0.4 is 5.32 Å². The molecule has 0 unspecified atom stereocenters. The Labute approximate surface area is 136 Å². The predicted molar refractivity (Wildman–Crippen MR) is 87.7 cm³/mol. The van der Waals surface area contributed by atoms with Crippen molar-refractivity contribution in [1.29, 1.82) is 0 Å². The monoisotopic (exact) mass is 339 g/mol. The van der Waals surface area contributed by atoms with Crippen LogP contribution in [0.4, 0.5) is 5.13 Å². The molecule has 0 spiro atoms. The number of benzene rings is 1. The molecule has 0 bridgehead atoms. The van der Waals surface area contributed by atoms with Crippen molar-refractivity contribution in [3.8, 4) is 0 Å². The van der Waals surface area contributed by atoms with Gasteiger partial charge in [0.25, 0.3) is 0 Å². The van der Waals surface area contributed by atoms with Crippen molar-refractivity contribution in [3.05, 3.63) is 34.9 Å². The first-order valence-corrected chi connectivity index (χ1v) is 8.76. The summed E-state index contributed by atoms with van der Waals surface area (Å²) in [6.07, 6.45) is 2.40. The van der Waals surface area contributed by atoms with Gasteiger partial charge < -0.3 is 5.32 Å². The number of Topliss-reactive ketones (excluding diaryl/α,β-unsaturated/α-hetero) is 1. The van der Waals surface area contributed by atoms with Gasteiger partial charge in [0.2, 0.25) is 5.13 Å². The number of hydrogen-bond donors (Lipinski definition) is 1. The van der Waals surface area contributed by atoms with Crippen LogP contribution in [0.2, 0.25) is 5.02 Å². The maximum Gasteiger partial charge on any atom is 0.206 e. The van der Waals surface area contributed by atoms with Crippen LogP contribution in [-0.2, 0) is 0 Å². The number of hydrogen-bond acceptors (Lipinski definition) is 6. The molecule has 1 fully saturated rings. The van der Waals surface area contributed by atoms with E-state index in [1.165, 1.54) is 35.9 Å². The largest absolute Gasteiger partial charge is 0.357 e. The van der Waals surface area contributed by atoms with Gasteiger partial charge in [0.05, 0.1) is 5.25 Å². The van der Waals surface area contributed by atoms with E-state index in [1.54, 1.807) is 24.3 Å². The van der Waals surface area contributed by atoms with E-state index in [0.717, 1.165) is 9.47 Å². The third-order valence-corrected chi connectivity index (χ3v) is 5.38. The van der Waals surface area contributed by atoms with Crippen molar-refractivity contribution in [1.82, 2.24) is 10.2 Å². The highest BCUT2D eigenvalue weighted by molar-refractivity contribution is 8.02. The summed E-state index contributed by atoms with van der Waals surface area (Å²) >= 11 is 8.78. The second-order valence-electron chi connectivity index (χ2n) is 4.92. The smallest absolute Gasteiger partial charge is 0.206 e. The van der Waals surface area contributed by atoms with Gasteiger partial charge in [-0.1, -0.05) is 34.7 Å². The molecule has 21 heavy (non-hydrogen) atoms. The van der Waals surface area contributed by atoms with Gasteiger partial charge in [-0.25, -0.2) is 0 Å². The topological polar surface area (TPSA) is 54.9 Å². The van der Waals surface area contributed by atoms with E-state index in [0.29, 0.717) is 16.6 Å². The molecule has 2 aromatic rings. The van der Waals surface area contributed by atoms with Gasteiger partial charge in [0.15, 0.2) is 10.1 Å². The Kier molecular flexibility index (Phi) is 4.47. The Balaban J connectivity index is 1.61. The fourth-order valence-electron chi connectivity index (χ4n) is 1.77. The van der Waals surface area contributed by atoms with Gasteiger partial charge in [0.1, 0.15) is 0 Å². The van der Waals surface area contributed by atoms with Gasteiger partial charge in [0, 0.05) is 16.6 Å². The van der Waals surface area contributed by atoms with Crippen LogP contribution in [0.3, 0.4) is 0 Å². The molecule has 0 amide bonds.